The number of halogens is 1. The molecule has 0 radical (unpaired) electrons. The number of hydrogen-bond acceptors (Lipinski definition) is 6. The molecule has 1 aliphatic rings. The lowest BCUT2D eigenvalue weighted by atomic mass is 9.93. The smallest absolute Gasteiger partial charge is 0.337 e. The summed E-state index contributed by atoms with van der Waals surface area (Å²) < 4.78 is 21.9. The van der Waals surface area contributed by atoms with E-state index in [0.717, 1.165) is 52.1 Å². The molecule has 4 aromatic rings. The maximum atomic E-state index is 15.0. The van der Waals surface area contributed by atoms with Gasteiger partial charge in [-0.1, -0.05) is 6.08 Å². The van der Waals surface area contributed by atoms with Crippen molar-refractivity contribution in [2.75, 3.05) is 32.6 Å². The van der Waals surface area contributed by atoms with Gasteiger partial charge in [-0.25, -0.2) is 19.2 Å². The zero-order valence-corrected chi connectivity index (χ0v) is 22.4. The third kappa shape index (κ3) is 4.56. The van der Waals surface area contributed by atoms with Crippen LogP contribution in [-0.2, 0) is 11.8 Å². The molecular formula is C30H32FN5O2. The molecule has 0 spiro atoms. The first kappa shape index (κ1) is 25.6. The van der Waals surface area contributed by atoms with E-state index >= 15 is 4.39 Å². The number of anilines is 1. The predicted molar refractivity (Wildman–Crippen MR) is 149 cm³/mol. The lowest BCUT2D eigenvalue weighted by Gasteiger charge is -2.32. The zero-order valence-electron chi connectivity index (χ0n) is 22.4. The molecule has 0 bridgehead atoms. The van der Waals surface area contributed by atoms with Crippen molar-refractivity contribution < 1.29 is 13.9 Å². The molecule has 0 saturated heterocycles. The second kappa shape index (κ2) is 10.4. The van der Waals surface area contributed by atoms with Crippen LogP contribution in [-0.4, -0.2) is 52.7 Å². The molecule has 0 aliphatic carbocycles. The fourth-order valence-corrected chi connectivity index (χ4v) is 5.43. The van der Waals surface area contributed by atoms with Crippen molar-refractivity contribution in [1.82, 2.24) is 19.4 Å². The third-order valence-electron chi connectivity index (χ3n) is 7.54. The molecule has 1 aliphatic heterocycles. The molecule has 7 nitrogen and oxygen atoms in total. The lowest BCUT2D eigenvalue weighted by Crippen LogP contribution is -2.32. The Kier molecular flexibility index (Phi) is 6.99. The molecule has 1 aromatic carbocycles. The van der Waals surface area contributed by atoms with E-state index in [4.69, 9.17) is 4.74 Å². The number of aryl methyl sites for hydroxylation is 2. The van der Waals surface area contributed by atoms with Gasteiger partial charge in [0, 0.05) is 67.8 Å². The van der Waals surface area contributed by atoms with Crippen LogP contribution in [0.25, 0.3) is 27.7 Å². The van der Waals surface area contributed by atoms with Crippen LogP contribution in [0.1, 0.15) is 46.6 Å². The van der Waals surface area contributed by atoms with Crippen LogP contribution in [0.5, 0.6) is 0 Å². The van der Waals surface area contributed by atoms with Gasteiger partial charge in [0.25, 0.3) is 0 Å². The van der Waals surface area contributed by atoms with E-state index in [9.17, 15) is 4.79 Å². The van der Waals surface area contributed by atoms with Gasteiger partial charge in [0.2, 0.25) is 0 Å². The number of methoxy groups -OCH3 is 1. The molecular weight excluding hydrogens is 481 g/mol. The Hall–Kier alpha value is -4.04. The molecule has 38 heavy (non-hydrogen) atoms. The summed E-state index contributed by atoms with van der Waals surface area (Å²) in [6.07, 6.45) is 6.55. The average Bonchev–Trinajstić information content (AvgIpc) is 3.28. The number of carbonyl (C=O) groups is 1. The number of pyridine rings is 2. The largest absolute Gasteiger partial charge is 0.465 e. The van der Waals surface area contributed by atoms with Gasteiger partial charge < -0.3 is 14.6 Å². The van der Waals surface area contributed by atoms with Crippen LogP contribution in [0, 0.1) is 12.7 Å². The second-order valence-corrected chi connectivity index (χ2v) is 9.70. The standard InChI is InChI=1S/C30H32FN5O2/c1-18-14-22(30(37)38-5)15-25(31)28(18)20-9-12-36(13-10-20)19(2)26-16-24-23(8-11-33-29(24)35(26)4)21-6-7-27(32-3)34-17-21/h6-9,11,14-17,19H,10,12-13H2,1-5H3,(H,32,34)/t19-/m0/s1. The van der Waals surface area contributed by atoms with Crippen molar-refractivity contribution in [2.45, 2.75) is 26.3 Å². The monoisotopic (exact) mass is 513 g/mol. The fourth-order valence-electron chi connectivity index (χ4n) is 5.43. The van der Waals surface area contributed by atoms with Gasteiger partial charge in [-0.05, 0) is 73.4 Å². The molecule has 0 unspecified atom stereocenters. The normalized spacial score (nSPS) is 14.8. The predicted octanol–water partition coefficient (Wildman–Crippen LogP) is 5.76. The number of esters is 1. The Balaban J connectivity index is 1.41. The highest BCUT2D eigenvalue weighted by Crippen LogP contribution is 2.35. The number of fused-ring (bicyclic) bond motifs is 1. The SMILES string of the molecule is CNc1ccc(-c2ccnc3c2cc([C@H](C)N2CC=C(c4c(C)cc(C(=O)OC)cc4F)CC2)n3C)cn1. The Labute approximate surface area is 222 Å². The summed E-state index contributed by atoms with van der Waals surface area (Å²) in [6.45, 7) is 5.53. The number of aromatic nitrogens is 3. The Morgan fingerprint density at radius 2 is 2.00 bits per heavy atom. The van der Waals surface area contributed by atoms with Crippen LogP contribution in [0.2, 0.25) is 0 Å². The molecule has 0 fully saturated rings. The first-order valence-corrected chi connectivity index (χ1v) is 12.7. The van der Waals surface area contributed by atoms with Crippen molar-refractivity contribution in [2.24, 2.45) is 7.05 Å². The van der Waals surface area contributed by atoms with Gasteiger partial charge in [-0.15, -0.1) is 0 Å². The van der Waals surface area contributed by atoms with E-state index in [1.54, 1.807) is 6.07 Å². The van der Waals surface area contributed by atoms with Crippen molar-refractivity contribution in [3.8, 4) is 11.1 Å². The maximum absolute atomic E-state index is 15.0. The van der Waals surface area contributed by atoms with Crippen molar-refractivity contribution in [3.05, 3.63) is 83.1 Å². The van der Waals surface area contributed by atoms with Gasteiger partial charge in [0.15, 0.2) is 0 Å². The summed E-state index contributed by atoms with van der Waals surface area (Å²) in [7, 11) is 5.21. The lowest BCUT2D eigenvalue weighted by molar-refractivity contribution is 0.0600. The first-order chi connectivity index (χ1) is 18.3. The molecule has 8 heteroatoms. The number of ether oxygens (including phenoxy) is 1. The second-order valence-electron chi connectivity index (χ2n) is 9.70. The first-order valence-electron chi connectivity index (χ1n) is 12.7. The van der Waals surface area contributed by atoms with E-state index in [2.05, 4.69) is 56.9 Å². The van der Waals surface area contributed by atoms with E-state index in [-0.39, 0.29) is 17.4 Å². The Morgan fingerprint density at radius 1 is 1.18 bits per heavy atom. The molecule has 196 valence electrons. The van der Waals surface area contributed by atoms with E-state index in [0.29, 0.717) is 12.1 Å². The van der Waals surface area contributed by atoms with Gasteiger partial charge in [0.1, 0.15) is 17.3 Å². The fraction of sp³-hybridized carbons (Fsp3) is 0.300. The van der Waals surface area contributed by atoms with Gasteiger partial charge in [-0.3, -0.25) is 4.90 Å². The molecule has 4 heterocycles. The number of nitrogens with one attached hydrogen (secondary N) is 1. The number of nitrogens with zero attached hydrogens (tertiary/aromatic N) is 4. The minimum absolute atomic E-state index is 0.136. The molecule has 0 saturated carbocycles. The number of carbonyl (C=O) groups excluding carboxylic acids is 1. The van der Waals surface area contributed by atoms with Gasteiger partial charge in [-0.2, -0.15) is 0 Å². The number of rotatable bonds is 6. The van der Waals surface area contributed by atoms with Gasteiger partial charge in [0.05, 0.1) is 12.7 Å². The number of hydrogen-bond donors (Lipinski definition) is 1. The van der Waals surface area contributed by atoms with Crippen LogP contribution < -0.4 is 5.32 Å². The highest BCUT2D eigenvalue weighted by molar-refractivity contribution is 5.94. The highest BCUT2D eigenvalue weighted by atomic mass is 19.1. The summed E-state index contributed by atoms with van der Waals surface area (Å²) in [5, 5.41) is 4.15. The van der Waals surface area contributed by atoms with Crippen molar-refractivity contribution in [3.63, 3.8) is 0 Å². The summed E-state index contributed by atoms with van der Waals surface area (Å²) in [5.41, 5.74) is 6.77. The molecule has 0 amide bonds. The Bertz CT molecular complexity index is 1520. The highest BCUT2D eigenvalue weighted by Gasteiger charge is 2.25. The summed E-state index contributed by atoms with van der Waals surface area (Å²) in [5.74, 6) is -0.0915. The van der Waals surface area contributed by atoms with E-state index in [1.807, 2.05) is 38.5 Å². The Morgan fingerprint density at radius 3 is 2.63 bits per heavy atom. The minimum Gasteiger partial charge on any atom is -0.465 e. The van der Waals surface area contributed by atoms with Crippen molar-refractivity contribution in [1.29, 1.82) is 0 Å². The average molecular weight is 514 g/mol. The topological polar surface area (TPSA) is 72.3 Å². The van der Waals surface area contributed by atoms with Crippen LogP contribution in [0.4, 0.5) is 10.2 Å². The summed E-state index contributed by atoms with van der Waals surface area (Å²) in [4.78, 5) is 23.4. The minimum atomic E-state index is -0.532. The maximum Gasteiger partial charge on any atom is 0.337 e. The number of benzene rings is 1. The van der Waals surface area contributed by atoms with Crippen LogP contribution >= 0.6 is 0 Å². The molecule has 1 N–H and O–H groups in total. The van der Waals surface area contributed by atoms with E-state index < -0.39 is 5.97 Å². The zero-order chi connectivity index (χ0) is 27.0. The van der Waals surface area contributed by atoms with Crippen LogP contribution in [0.3, 0.4) is 0 Å². The summed E-state index contributed by atoms with van der Waals surface area (Å²) in [6, 6.07) is 11.4. The van der Waals surface area contributed by atoms with Gasteiger partial charge >= 0.3 is 5.97 Å². The van der Waals surface area contributed by atoms with Crippen molar-refractivity contribution >= 4 is 28.4 Å². The molecule has 1 atom stereocenters. The van der Waals surface area contributed by atoms with Crippen LogP contribution in [0.15, 0.2) is 54.9 Å². The van der Waals surface area contributed by atoms with E-state index in [1.165, 1.54) is 18.9 Å². The molecule has 5 rings (SSSR count). The third-order valence-corrected chi connectivity index (χ3v) is 7.54. The quantitative estimate of drug-likeness (QED) is 0.331. The molecule has 3 aromatic heterocycles. The summed E-state index contributed by atoms with van der Waals surface area (Å²) >= 11 is 0.